The molecule has 0 bridgehead atoms. The van der Waals surface area contributed by atoms with Crippen molar-refractivity contribution in [2.24, 2.45) is 0 Å². The summed E-state index contributed by atoms with van der Waals surface area (Å²) in [6.07, 6.45) is 19.7. The van der Waals surface area contributed by atoms with Gasteiger partial charge in [0.15, 0.2) is 45.7 Å². The average Bonchev–Trinajstić information content (AvgIpc) is 3.80. The second-order valence-electron chi connectivity index (χ2n) is 14.0. The molecule has 7 aromatic rings. The number of benzene rings is 3. The Morgan fingerprint density at radius 3 is 1.29 bits per heavy atom. The molecule has 0 amide bonds. The van der Waals surface area contributed by atoms with E-state index < -0.39 is 31.3 Å². The zero-order valence-corrected chi connectivity index (χ0v) is 36.4. The van der Waals surface area contributed by atoms with Gasteiger partial charge in [-0.1, -0.05) is 68.3 Å². The van der Waals surface area contributed by atoms with Gasteiger partial charge in [0, 0.05) is 80.3 Å². The zero-order valence-electron chi connectivity index (χ0n) is 31.6. The van der Waals surface area contributed by atoms with Gasteiger partial charge < -0.3 is 19.1 Å². The molecule has 0 fully saturated rings. The van der Waals surface area contributed by atoms with Crippen molar-refractivity contribution in [3.05, 3.63) is 140 Å². The first-order valence-corrected chi connectivity index (χ1v) is 22.6. The number of hydrogen-bond acceptors (Lipinski definition) is 6. The third-order valence-corrected chi connectivity index (χ3v) is 12.2. The predicted octanol–water partition coefficient (Wildman–Crippen LogP) is 9.64. The van der Waals surface area contributed by atoms with E-state index in [-0.39, 0.29) is 0 Å². The van der Waals surface area contributed by atoms with Crippen LogP contribution in [0.25, 0.3) is 68.6 Å². The van der Waals surface area contributed by atoms with E-state index in [4.69, 9.17) is 25.9 Å². The number of aromatic amines is 2. The number of aryl methyl sites for hydroxylation is 4. The summed E-state index contributed by atoms with van der Waals surface area (Å²) < 4.78 is 125. The number of alkyl halides is 6. The van der Waals surface area contributed by atoms with Crippen molar-refractivity contribution in [2.45, 2.75) is 36.9 Å². The van der Waals surface area contributed by atoms with Gasteiger partial charge in [0.1, 0.15) is 0 Å². The third-order valence-electron chi connectivity index (χ3n) is 10.1. The summed E-state index contributed by atoms with van der Waals surface area (Å²) in [4.78, 5) is 6.81. The first kappa shape index (κ1) is 44.9. The highest BCUT2D eigenvalue weighted by Gasteiger charge is 2.38. The van der Waals surface area contributed by atoms with Crippen LogP contribution in [0, 0.1) is 0 Å². The Labute approximate surface area is 367 Å². The van der Waals surface area contributed by atoms with Gasteiger partial charge in [-0.2, -0.15) is 35.5 Å². The molecular weight excluding hydrogens is 994 g/mol. The van der Waals surface area contributed by atoms with Gasteiger partial charge in [-0.25, -0.2) is 16.8 Å². The van der Waals surface area contributed by atoms with Gasteiger partial charge in [0.25, 0.3) is 0 Å². The SMILES string of the molecule is Brc1ccc2[nH]cc(/C=C/c3cc[n+]4c(c3)-c3c(ccc5c3-c3cc(/C=C/c6c[nH]c7ccc(Br)cc67)cc[n+]3CC5)CC4)c2c1.O=S(=O)([O-])C(F)(F)F.O=S(=O)([O-])C(F)(F)F. The van der Waals surface area contributed by atoms with E-state index in [9.17, 15) is 26.3 Å². The third kappa shape index (κ3) is 9.74. The van der Waals surface area contributed by atoms with Crippen LogP contribution < -0.4 is 9.13 Å². The molecule has 0 saturated heterocycles. The number of halogens is 8. The molecule has 62 heavy (non-hydrogen) atoms. The molecule has 3 aromatic carbocycles. The second-order valence-corrected chi connectivity index (χ2v) is 18.6. The van der Waals surface area contributed by atoms with Crippen LogP contribution in [-0.4, -0.2) is 46.9 Å². The van der Waals surface area contributed by atoms with E-state index in [1.54, 1.807) is 0 Å². The predicted molar refractivity (Wildman–Crippen MR) is 226 cm³/mol. The van der Waals surface area contributed by atoms with Crippen LogP contribution >= 0.6 is 31.9 Å². The quantitative estimate of drug-likeness (QED) is 0.0775. The molecule has 20 heteroatoms. The summed E-state index contributed by atoms with van der Waals surface area (Å²) in [5.74, 6) is 0. The van der Waals surface area contributed by atoms with Crippen molar-refractivity contribution < 1.29 is 61.4 Å². The maximum Gasteiger partial charge on any atom is 0.485 e. The Balaban J connectivity index is 0.000000309. The Hall–Kier alpha value is -5.12. The highest BCUT2D eigenvalue weighted by molar-refractivity contribution is 9.10. The monoisotopic (exact) mass is 1020 g/mol. The average molecular weight is 1020 g/mol. The minimum Gasteiger partial charge on any atom is -0.741 e. The topological polar surface area (TPSA) is 154 Å². The number of hydrogen-bond donors (Lipinski definition) is 2. The van der Waals surface area contributed by atoms with Crippen molar-refractivity contribution in [3.8, 4) is 22.5 Å². The summed E-state index contributed by atoms with van der Waals surface area (Å²) >= 11 is 7.26. The summed E-state index contributed by atoms with van der Waals surface area (Å²) in [7, 11) is -12.2. The lowest BCUT2D eigenvalue weighted by molar-refractivity contribution is -0.689. The highest BCUT2D eigenvalue weighted by atomic mass is 79.9. The fraction of sp³-hybridized carbons (Fsp3) is 0.143. The lowest BCUT2D eigenvalue weighted by atomic mass is 9.84. The minimum atomic E-state index is -6.09. The molecule has 2 aliphatic rings. The highest BCUT2D eigenvalue weighted by Crippen LogP contribution is 2.40. The molecule has 2 aliphatic heterocycles. The molecule has 6 heterocycles. The molecule has 0 aliphatic carbocycles. The van der Waals surface area contributed by atoms with Crippen molar-refractivity contribution in [1.29, 1.82) is 0 Å². The van der Waals surface area contributed by atoms with E-state index in [0.717, 1.165) is 45.9 Å². The Bertz CT molecular complexity index is 2950. The fourth-order valence-electron chi connectivity index (χ4n) is 7.17. The minimum absolute atomic E-state index is 0.991. The number of nitrogens with one attached hydrogen (secondary N) is 2. The first-order chi connectivity index (χ1) is 29.1. The number of rotatable bonds is 4. The molecule has 0 saturated carbocycles. The van der Waals surface area contributed by atoms with Gasteiger partial charge >= 0.3 is 11.0 Å². The van der Waals surface area contributed by atoms with Crippen LogP contribution in [0.1, 0.15) is 33.4 Å². The summed E-state index contributed by atoms with van der Waals surface area (Å²) in [6.45, 7) is 1.98. The smallest absolute Gasteiger partial charge is 0.485 e. The number of fused-ring (bicyclic) bond motifs is 9. The van der Waals surface area contributed by atoms with Crippen LogP contribution in [0.4, 0.5) is 26.3 Å². The van der Waals surface area contributed by atoms with Crippen molar-refractivity contribution >= 4 is 98.2 Å². The Morgan fingerprint density at radius 2 is 0.935 bits per heavy atom. The molecule has 0 unspecified atom stereocenters. The summed E-state index contributed by atoms with van der Waals surface area (Å²) in [5.41, 5.74) is 3.97. The Morgan fingerprint density at radius 1 is 0.565 bits per heavy atom. The van der Waals surface area contributed by atoms with Crippen LogP contribution in [-0.2, 0) is 46.2 Å². The van der Waals surface area contributed by atoms with E-state index in [0.29, 0.717) is 0 Å². The number of H-pyrrole nitrogens is 2. The normalized spacial score (nSPS) is 13.8. The van der Waals surface area contributed by atoms with Gasteiger partial charge in [-0.3, -0.25) is 0 Å². The van der Waals surface area contributed by atoms with Gasteiger partial charge in [0.05, 0.1) is 11.1 Å². The van der Waals surface area contributed by atoms with Crippen LogP contribution in [0.3, 0.4) is 0 Å². The maximum absolute atomic E-state index is 10.7. The lowest BCUT2D eigenvalue weighted by Crippen LogP contribution is -2.43. The number of pyridine rings is 2. The molecule has 322 valence electrons. The molecule has 0 spiro atoms. The number of aromatic nitrogens is 4. The largest absolute Gasteiger partial charge is 0.741 e. The van der Waals surface area contributed by atoms with Crippen molar-refractivity contribution in [3.63, 3.8) is 0 Å². The molecule has 9 rings (SSSR count). The van der Waals surface area contributed by atoms with Gasteiger partial charge in [-0.15, -0.1) is 0 Å². The van der Waals surface area contributed by atoms with E-state index in [1.807, 2.05) is 0 Å². The van der Waals surface area contributed by atoms with E-state index >= 15 is 0 Å². The fourth-order valence-corrected chi connectivity index (χ4v) is 7.89. The first-order valence-electron chi connectivity index (χ1n) is 18.2. The molecule has 0 radical (unpaired) electrons. The molecule has 2 N–H and O–H groups in total. The standard InChI is InChI=1S/C40H28Br2N4.2CHF3O3S/c41-31-7-9-35-33(21-31)29(23-43-35)3-1-25-11-15-45-17-13-27-5-6-28-14-18-46-16-12-26(20-38(46)40(28)39(27)37(45)19-25)2-4-30-24-44-36-10-8-32(42)22-34(30)36;2*2-1(3,4)8(5,6)7/h1-12,15-16,19-24H,13-14,17-18H2;2*(H,5,6,7). The zero-order chi connectivity index (χ0) is 44.8. The van der Waals surface area contributed by atoms with Crippen molar-refractivity contribution in [1.82, 2.24) is 9.97 Å². The summed E-state index contributed by atoms with van der Waals surface area (Å²) in [5, 5.41) is 2.43. The van der Waals surface area contributed by atoms with Gasteiger partial charge in [-0.05, 0) is 69.8 Å². The lowest BCUT2D eigenvalue weighted by Gasteiger charge is -2.23. The van der Waals surface area contributed by atoms with E-state index in [2.05, 4.69) is 173 Å². The molecule has 10 nitrogen and oxygen atoms in total. The molecule has 0 atom stereocenters. The van der Waals surface area contributed by atoms with Gasteiger partial charge in [0.2, 0.25) is 11.4 Å². The molecule has 4 aromatic heterocycles. The second kappa shape index (κ2) is 17.2. The van der Waals surface area contributed by atoms with Crippen LogP contribution in [0.15, 0.2) is 107 Å². The Kier molecular flexibility index (Phi) is 12.5. The number of nitrogens with zero attached hydrogens (tertiary/aromatic N) is 2. The van der Waals surface area contributed by atoms with Crippen LogP contribution in [0.5, 0.6) is 0 Å². The van der Waals surface area contributed by atoms with E-state index in [1.165, 1.54) is 66.7 Å². The van der Waals surface area contributed by atoms with Crippen molar-refractivity contribution in [2.75, 3.05) is 0 Å². The molecular formula is C42H30Br2F6N4O6S2. The maximum atomic E-state index is 10.7. The summed E-state index contributed by atoms with van der Waals surface area (Å²) in [6, 6.07) is 26.7. The van der Waals surface area contributed by atoms with Crippen LogP contribution in [0.2, 0.25) is 0 Å².